The first-order chi connectivity index (χ1) is 9.51. The predicted octanol–water partition coefficient (Wildman–Crippen LogP) is 4.30. The molecule has 0 heterocycles. The Morgan fingerprint density at radius 1 is 1.20 bits per heavy atom. The average molecular weight is 342 g/mol. The summed E-state index contributed by atoms with van der Waals surface area (Å²) < 4.78 is 23.7. The van der Waals surface area contributed by atoms with Gasteiger partial charge >= 0.3 is 5.69 Å². The third-order valence-corrected chi connectivity index (χ3v) is 3.10. The van der Waals surface area contributed by atoms with Gasteiger partial charge in [-0.3, -0.25) is 10.1 Å². The highest BCUT2D eigenvalue weighted by Gasteiger charge is 2.18. The van der Waals surface area contributed by atoms with E-state index in [0.29, 0.717) is 10.2 Å². The summed E-state index contributed by atoms with van der Waals surface area (Å²) in [5, 5.41) is 11.0. The summed E-state index contributed by atoms with van der Waals surface area (Å²) in [5.74, 6) is 0.235. The van der Waals surface area contributed by atoms with Crippen LogP contribution in [0.2, 0.25) is 0 Å². The highest BCUT2D eigenvalue weighted by Crippen LogP contribution is 2.37. The van der Waals surface area contributed by atoms with Crippen molar-refractivity contribution < 1.29 is 18.8 Å². The Morgan fingerprint density at radius 3 is 2.50 bits per heavy atom. The highest BCUT2D eigenvalue weighted by molar-refractivity contribution is 9.10. The second-order valence-electron chi connectivity index (χ2n) is 3.77. The van der Waals surface area contributed by atoms with E-state index in [9.17, 15) is 14.5 Å². The maximum Gasteiger partial charge on any atom is 0.315 e. The Hall–Kier alpha value is -2.15. The minimum Gasteiger partial charge on any atom is -0.496 e. The molecule has 0 unspecified atom stereocenters. The largest absolute Gasteiger partial charge is 0.496 e. The van der Waals surface area contributed by atoms with Crippen molar-refractivity contribution in [2.45, 2.75) is 0 Å². The second kappa shape index (κ2) is 5.87. The topological polar surface area (TPSA) is 61.6 Å². The number of benzene rings is 2. The van der Waals surface area contributed by atoms with Gasteiger partial charge in [0, 0.05) is 0 Å². The highest BCUT2D eigenvalue weighted by atomic mass is 79.9. The Kier molecular flexibility index (Phi) is 4.19. The molecule has 0 aliphatic carbocycles. The lowest BCUT2D eigenvalue weighted by Crippen LogP contribution is -1.95. The summed E-state index contributed by atoms with van der Waals surface area (Å²) in [6.07, 6.45) is 0. The van der Waals surface area contributed by atoms with E-state index in [4.69, 9.17) is 9.47 Å². The minimum atomic E-state index is -0.574. The van der Waals surface area contributed by atoms with Crippen molar-refractivity contribution in [3.05, 3.63) is 56.8 Å². The van der Waals surface area contributed by atoms with Gasteiger partial charge in [-0.15, -0.1) is 0 Å². The van der Waals surface area contributed by atoms with Crippen molar-refractivity contribution in [2.75, 3.05) is 7.11 Å². The van der Waals surface area contributed by atoms with Crippen molar-refractivity contribution in [1.82, 2.24) is 0 Å². The number of hydrogen-bond donors (Lipinski definition) is 0. The van der Waals surface area contributed by atoms with E-state index in [2.05, 4.69) is 15.9 Å². The summed E-state index contributed by atoms with van der Waals surface area (Å²) in [4.78, 5) is 10.4. The molecule has 7 heteroatoms. The first-order valence-electron chi connectivity index (χ1n) is 5.46. The molecule has 0 aromatic heterocycles. The monoisotopic (exact) mass is 341 g/mol. The van der Waals surface area contributed by atoms with Gasteiger partial charge < -0.3 is 9.47 Å². The van der Waals surface area contributed by atoms with Gasteiger partial charge in [-0.1, -0.05) is 0 Å². The number of ether oxygens (including phenoxy) is 2. The van der Waals surface area contributed by atoms with Crippen molar-refractivity contribution in [2.24, 2.45) is 0 Å². The molecule has 0 aliphatic heterocycles. The first kappa shape index (κ1) is 14.3. The summed E-state index contributed by atoms with van der Waals surface area (Å²) >= 11 is 3.13. The van der Waals surface area contributed by atoms with Gasteiger partial charge in [-0.2, -0.15) is 0 Å². The number of rotatable bonds is 4. The molecular formula is C13H9BrFNO4. The van der Waals surface area contributed by atoms with Crippen molar-refractivity contribution in [1.29, 1.82) is 0 Å². The van der Waals surface area contributed by atoms with E-state index < -0.39 is 10.7 Å². The minimum absolute atomic E-state index is 0.0445. The van der Waals surface area contributed by atoms with Gasteiger partial charge in [0.05, 0.1) is 22.6 Å². The molecule has 5 nitrogen and oxygen atoms in total. The van der Waals surface area contributed by atoms with Crippen LogP contribution in [0, 0.1) is 15.9 Å². The quantitative estimate of drug-likeness (QED) is 0.614. The third-order valence-electron chi connectivity index (χ3n) is 2.48. The molecule has 20 heavy (non-hydrogen) atoms. The van der Waals surface area contributed by atoms with Crippen LogP contribution in [0.1, 0.15) is 0 Å². The lowest BCUT2D eigenvalue weighted by molar-refractivity contribution is -0.385. The first-order valence-corrected chi connectivity index (χ1v) is 6.26. The van der Waals surface area contributed by atoms with Crippen LogP contribution in [0.5, 0.6) is 17.2 Å². The standard InChI is InChI=1S/C13H9BrFNO4/c1-19-9-3-5-13(11(7-9)16(17)18)20-12-4-2-8(15)6-10(12)14/h2-7H,1H3. The van der Waals surface area contributed by atoms with E-state index in [1.807, 2.05) is 0 Å². The van der Waals surface area contributed by atoms with E-state index in [1.165, 1.54) is 37.4 Å². The van der Waals surface area contributed by atoms with Crippen molar-refractivity contribution >= 4 is 21.6 Å². The van der Waals surface area contributed by atoms with Crippen LogP contribution in [0.25, 0.3) is 0 Å². The van der Waals surface area contributed by atoms with Crippen molar-refractivity contribution in [3.63, 3.8) is 0 Å². The van der Waals surface area contributed by atoms with Crippen molar-refractivity contribution in [3.8, 4) is 17.2 Å². The molecule has 0 saturated heterocycles. The SMILES string of the molecule is COc1ccc(Oc2ccc(F)cc2Br)c([N+](=O)[O-])c1. The van der Waals surface area contributed by atoms with E-state index >= 15 is 0 Å². The molecule has 0 saturated carbocycles. The third kappa shape index (κ3) is 3.05. The summed E-state index contributed by atoms with van der Waals surface area (Å²) in [6, 6.07) is 8.02. The second-order valence-corrected chi connectivity index (χ2v) is 4.62. The smallest absolute Gasteiger partial charge is 0.315 e. The maximum absolute atomic E-state index is 13.0. The zero-order chi connectivity index (χ0) is 14.7. The number of nitro benzene ring substituents is 1. The van der Waals surface area contributed by atoms with E-state index in [1.54, 1.807) is 6.07 Å². The summed E-state index contributed by atoms with van der Waals surface area (Å²) in [6.45, 7) is 0. The summed E-state index contributed by atoms with van der Waals surface area (Å²) in [7, 11) is 1.41. The van der Waals surface area contributed by atoms with Crippen LogP contribution in [0.4, 0.5) is 10.1 Å². The lowest BCUT2D eigenvalue weighted by Gasteiger charge is -2.09. The number of methoxy groups -OCH3 is 1. The molecule has 0 spiro atoms. The molecule has 0 bridgehead atoms. The zero-order valence-corrected chi connectivity index (χ0v) is 11.9. The van der Waals surface area contributed by atoms with Gasteiger partial charge in [0.2, 0.25) is 5.75 Å². The van der Waals surface area contributed by atoms with Crippen LogP contribution in [-0.2, 0) is 0 Å². The fourth-order valence-electron chi connectivity index (χ4n) is 1.53. The molecule has 0 aliphatic rings. The van der Waals surface area contributed by atoms with E-state index in [0.717, 1.165) is 0 Å². The Bertz CT molecular complexity index is 663. The Balaban J connectivity index is 2.40. The Morgan fingerprint density at radius 2 is 1.90 bits per heavy atom. The normalized spacial score (nSPS) is 10.2. The number of halogens is 2. The van der Waals surface area contributed by atoms with Gasteiger partial charge in [0.15, 0.2) is 0 Å². The molecule has 104 valence electrons. The molecule has 2 aromatic rings. The number of hydrogen-bond acceptors (Lipinski definition) is 4. The van der Waals surface area contributed by atoms with Gasteiger partial charge in [-0.05, 0) is 46.3 Å². The fourth-order valence-corrected chi connectivity index (χ4v) is 1.96. The van der Waals surface area contributed by atoms with Crippen LogP contribution in [0.15, 0.2) is 40.9 Å². The fraction of sp³-hybridized carbons (Fsp3) is 0.0769. The van der Waals surface area contributed by atoms with Crippen LogP contribution in [-0.4, -0.2) is 12.0 Å². The van der Waals surface area contributed by atoms with Gasteiger partial charge in [-0.25, -0.2) is 4.39 Å². The Labute approximate surface area is 122 Å². The summed E-state index contributed by atoms with van der Waals surface area (Å²) in [5.41, 5.74) is -0.236. The van der Waals surface area contributed by atoms with E-state index in [-0.39, 0.29) is 17.2 Å². The van der Waals surface area contributed by atoms with Crippen LogP contribution in [0.3, 0.4) is 0 Å². The maximum atomic E-state index is 13.0. The zero-order valence-electron chi connectivity index (χ0n) is 10.3. The predicted molar refractivity (Wildman–Crippen MR) is 73.8 cm³/mol. The van der Waals surface area contributed by atoms with Crippen LogP contribution >= 0.6 is 15.9 Å². The van der Waals surface area contributed by atoms with Gasteiger partial charge in [0.1, 0.15) is 17.3 Å². The number of nitro groups is 1. The average Bonchev–Trinajstić information content (AvgIpc) is 2.42. The molecule has 0 radical (unpaired) electrons. The molecule has 0 fully saturated rings. The molecule has 0 amide bonds. The van der Waals surface area contributed by atoms with Gasteiger partial charge in [0.25, 0.3) is 0 Å². The van der Waals surface area contributed by atoms with Crippen LogP contribution < -0.4 is 9.47 Å². The molecule has 0 atom stereocenters. The molecule has 2 rings (SSSR count). The lowest BCUT2D eigenvalue weighted by atomic mass is 10.2. The molecule has 2 aromatic carbocycles. The molecule has 0 N–H and O–H groups in total. The molecular weight excluding hydrogens is 333 g/mol. The number of nitrogens with zero attached hydrogens (tertiary/aromatic N) is 1.